The Kier molecular flexibility index (Phi) is 15.5. The van der Waals surface area contributed by atoms with Crippen LogP contribution in [-0.4, -0.2) is 217 Å². The van der Waals surface area contributed by atoms with Gasteiger partial charge in [0.25, 0.3) is 0 Å². The molecular formula is C51H82O21. The molecule has 31 atom stereocenters. The molecule has 9 fully saturated rings. The highest BCUT2D eigenvalue weighted by Gasteiger charge is 2.69. The fourth-order valence-corrected chi connectivity index (χ4v) is 15.5. The third-order valence-corrected chi connectivity index (χ3v) is 19.8. The fraction of sp³-hybridized carbons (Fsp3) is 0.961. The van der Waals surface area contributed by atoms with Gasteiger partial charge in [-0.15, -0.1) is 0 Å². The number of aliphatic hydroxyl groups excluding tert-OH is 11. The van der Waals surface area contributed by atoms with Gasteiger partial charge in [-0.25, -0.2) is 0 Å². The van der Waals surface area contributed by atoms with Crippen LogP contribution in [0.25, 0.3) is 0 Å². The summed E-state index contributed by atoms with van der Waals surface area (Å²) < 4.78 is 62.5. The molecule has 21 heteroatoms. The Balaban J connectivity index is 0.861. The third-order valence-electron chi connectivity index (χ3n) is 19.8. The minimum absolute atomic E-state index is 0.0829. The van der Waals surface area contributed by atoms with E-state index in [9.17, 15) is 56.2 Å². The van der Waals surface area contributed by atoms with Crippen molar-refractivity contribution in [3.05, 3.63) is 11.6 Å². The molecule has 0 aromatic heterocycles. The van der Waals surface area contributed by atoms with Crippen LogP contribution < -0.4 is 0 Å². The first kappa shape index (κ1) is 54.3. The molecule has 10 rings (SSSR count). The lowest BCUT2D eigenvalue weighted by molar-refractivity contribution is -0.398. The largest absolute Gasteiger partial charge is 0.394 e. The van der Waals surface area contributed by atoms with Crippen molar-refractivity contribution in [1.82, 2.24) is 0 Å². The quantitative estimate of drug-likeness (QED) is 0.118. The fourth-order valence-electron chi connectivity index (χ4n) is 15.5. The summed E-state index contributed by atoms with van der Waals surface area (Å²) in [5.74, 6) is 2.36. The number of hydrogen-bond acceptors (Lipinski definition) is 21. The van der Waals surface area contributed by atoms with E-state index in [0.717, 1.165) is 51.6 Å². The van der Waals surface area contributed by atoms with Crippen LogP contribution in [0.15, 0.2) is 11.6 Å². The summed E-state index contributed by atoms with van der Waals surface area (Å²) in [6.45, 7) is 11.8. The average molecular weight is 1030 g/mol. The zero-order chi connectivity index (χ0) is 51.5. The predicted molar refractivity (Wildman–Crippen MR) is 245 cm³/mol. The molecule has 72 heavy (non-hydrogen) atoms. The van der Waals surface area contributed by atoms with Crippen LogP contribution in [-0.2, 0) is 47.4 Å². The van der Waals surface area contributed by atoms with E-state index < -0.39 is 148 Å². The first-order chi connectivity index (χ1) is 34.1. The van der Waals surface area contributed by atoms with Gasteiger partial charge >= 0.3 is 0 Å². The van der Waals surface area contributed by atoms with Gasteiger partial charge in [0, 0.05) is 12.3 Å². The standard InChI is InChI=1S/C51H82O21/c1-20-9-14-51(63-19-20)21(2)32-29(72-51)16-28-26-8-7-24-15-25(10-12-49(24,5)27(26)11-13-50(28,32)6)66-48-44(71-45-39(60)36(57)33(54)22(3)64-45)43(35(56)31(18-53)68-48)70-46-41(62)38(59)42(23(4)65-46)69-47-40(61)37(58)34(55)30(17-52)67-47/h7,20-23,25-48,52-62H,8-19H2,1-6H3/t20-,21-,22+,23+,25+,26+,27-,28-,29-,30+,31+,32-,33+,34+,35+,36-,37-,38+,39+,40+,41+,42+,43-,44+,45-,46-,47-,48+,49+,50-,51+/m1/s1. The molecular weight excluding hydrogens is 949 g/mol. The van der Waals surface area contributed by atoms with Gasteiger partial charge in [-0.3, -0.25) is 0 Å². The Labute approximate surface area is 420 Å². The molecule has 10 aliphatic rings. The summed E-state index contributed by atoms with van der Waals surface area (Å²) in [6, 6.07) is 0. The lowest BCUT2D eigenvalue weighted by Crippen LogP contribution is -2.67. The van der Waals surface area contributed by atoms with Gasteiger partial charge in [0.15, 0.2) is 30.9 Å². The maximum absolute atomic E-state index is 11.8. The zero-order valence-corrected chi connectivity index (χ0v) is 42.2. The first-order valence-corrected chi connectivity index (χ1v) is 26.7. The third kappa shape index (κ3) is 9.09. The summed E-state index contributed by atoms with van der Waals surface area (Å²) in [7, 11) is 0. The van der Waals surface area contributed by atoms with Gasteiger partial charge in [0.2, 0.25) is 0 Å². The van der Waals surface area contributed by atoms with Crippen molar-refractivity contribution < 1.29 is 104 Å². The Morgan fingerprint density at radius 1 is 0.583 bits per heavy atom. The van der Waals surface area contributed by atoms with Crippen molar-refractivity contribution in [2.24, 2.45) is 46.3 Å². The van der Waals surface area contributed by atoms with E-state index >= 15 is 0 Å². The van der Waals surface area contributed by atoms with Crippen LogP contribution in [0.5, 0.6) is 0 Å². The van der Waals surface area contributed by atoms with Crippen LogP contribution in [0, 0.1) is 46.3 Å². The van der Waals surface area contributed by atoms with E-state index in [-0.39, 0.29) is 16.9 Å². The Morgan fingerprint density at radius 2 is 1.19 bits per heavy atom. The average Bonchev–Trinajstić information content (AvgIpc) is 3.81. The van der Waals surface area contributed by atoms with Gasteiger partial charge in [-0.05, 0) is 106 Å². The summed E-state index contributed by atoms with van der Waals surface area (Å²) in [5, 5.41) is 119. The van der Waals surface area contributed by atoms with E-state index in [4.69, 9.17) is 47.4 Å². The minimum Gasteiger partial charge on any atom is -0.394 e. The number of hydrogen-bond donors (Lipinski definition) is 11. The minimum atomic E-state index is -1.92. The first-order valence-electron chi connectivity index (χ1n) is 26.7. The Bertz CT molecular complexity index is 1900. The van der Waals surface area contributed by atoms with Crippen molar-refractivity contribution in [1.29, 1.82) is 0 Å². The van der Waals surface area contributed by atoms with Crippen molar-refractivity contribution in [3.8, 4) is 0 Å². The number of rotatable bonds is 10. The second-order valence-corrected chi connectivity index (χ2v) is 23.9. The van der Waals surface area contributed by atoms with Crippen LogP contribution >= 0.6 is 0 Å². The summed E-state index contributed by atoms with van der Waals surface area (Å²) >= 11 is 0. The van der Waals surface area contributed by atoms with E-state index in [1.54, 1.807) is 0 Å². The van der Waals surface area contributed by atoms with Gasteiger partial charge < -0.3 is 104 Å². The van der Waals surface area contributed by atoms with Crippen molar-refractivity contribution in [3.63, 3.8) is 0 Å². The van der Waals surface area contributed by atoms with Crippen LogP contribution in [0.3, 0.4) is 0 Å². The molecule has 0 aromatic carbocycles. The number of ether oxygens (including phenoxy) is 10. The summed E-state index contributed by atoms with van der Waals surface area (Å²) in [5.41, 5.74) is 1.37. The number of allylic oxidation sites excluding steroid dienone is 1. The molecule has 0 amide bonds. The zero-order valence-electron chi connectivity index (χ0n) is 42.2. The van der Waals surface area contributed by atoms with Crippen LogP contribution in [0.4, 0.5) is 0 Å². The van der Waals surface area contributed by atoms with Crippen molar-refractivity contribution in [2.75, 3.05) is 19.8 Å². The van der Waals surface area contributed by atoms with Gasteiger partial charge in [0.1, 0.15) is 85.5 Å². The molecule has 412 valence electrons. The molecule has 0 aromatic rings. The van der Waals surface area contributed by atoms with Gasteiger partial charge in [0.05, 0.1) is 44.2 Å². The predicted octanol–water partition coefficient (Wildman–Crippen LogP) is -0.934. The molecule has 11 N–H and O–H groups in total. The van der Waals surface area contributed by atoms with Crippen molar-refractivity contribution in [2.45, 2.75) is 240 Å². The monoisotopic (exact) mass is 1030 g/mol. The highest BCUT2D eigenvalue weighted by atomic mass is 16.8. The van der Waals surface area contributed by atoms with E-state index in [2.05, 4.69) is 33.8 Å². The number of fused-ring (bicyclic) bond motifs is 7. The summed E-state index contributed by atoms with van der Waals surface area (Å²) in [4.78, 5) is 0. The molecule has 4 aliphatic carbocycles. The SMILES string of the molecule is C[C@@H]1CC[C@]2(OC1)O[C@@H]1C[C@@H]3[C@H]4CC=C5C[C@@H](O[C@H]6O[C@@H](CO)[C@H](O)[C@@H](O[C@H]7O[C@@H](C)[C@H](O[C@H]8O[C@@H](CO)[C@H](O)[C@@H](O)[C@@H]8O)[C@@H](O)[C@@H]7O)[C@@H]6O[C@H]6O[C@@H](C)[C@H](O)[C@@H](O)[C@@H]6O)CC[C@]5(C)[C@@H]4CC[C@@]3(C)[C@@H]1[C@H]2C. The van der Waals surface area contributed by atoms with Gasteiger partial charge in [-0.2, -0.15) is 0 Å². The topological polar surface area (TPSA) is 315 Å². The van der Waals surface area contributed by atoms with E-state index in [1.807, 2.05) is 0 Å². The van der Waals surface area contributed by atoms with Gasteiger partial charge in [-0.1, -0.05) is 39.3 Å². The molecule has 6 saturated heterocycles. The number of aliphatic hydroxyl groups is 11. The normalized spacial score (nSPS) is 57.8. The highest BCUT2D eigenvalue weighted by Crippen LogP contribution is 2.71. The summed E-state index contributed by atoms with van der Waals surface area (Å²) in [6.07, 6.45) is -21.0. The second-order valence-electron chi connectivity index (χ2n) is 23.9. The molecule has 3 saturated carbocycles. The second kappa shape index (κ2) is 20.6. The molecule has 0 bridgehead atoms. The lowest BCUT2D eigenvalue weighted by Gasteiger charge is -2.59. The molecule has 0 unspecified atom stereocenters. The Hall–Kier alpha value is -1.10. The molecule has 6 heterocycles. The smallest absolute Gasteiger partial charge is 0.187 e. The van der Waals surface area contributed by atoms with Crippen LogP contribution in [0.1, 0.15) is 99.3 Å². The maximum atomic E-state index is 11.8. The molecule has 21 nitrogen and oxygen atoms in total. The molecule has 6 aliphatic heterocycles. The molecule has 1 spiro atoms. The Morgan fingerprint density at radius 3 is 1.88 bits per heavy atom. The van der Waals surface area contributed by atoms with E-state index in [1.165, 1.54) is 19.4 Å². The highest BCUT2D eigenvalue weighted by molar-refractivity contribution is 5.26. The lowest BCUT2D eigenvalue weighted by atomic mass is 9.47. The molecule has 0 radical (unpaired) electrons. The van der Waals surface area contributed by atoms with E-state index in [0.29, 0.717) is 48.3 Å². The maximum Gasteiger partial charge on any atom is 0.187 e. The van der Waals surface area contributed by atoms with Crippen molar-refractivity contribution >= 4 is 0 Å². The van der Waals surface area contributed by atoms with Crippen LogP contribution in [0.2, 0.25) is 0 Å².